The SMILES string of the molecule is COC1=CC=CC(C#CCOc2ccccc2)C1. The normalized spacial score (nSPS) is 17.4. The standard InChI is InChI=1S/C16H16O2/c1-17-16-11-5-7-14(13-16)8-6-12-18-15-9-3-2-4-10-15/h2-5,7,9-11,14H,12-13H2,1H3. The third-order valence-electron chi connectivity index (χ3n) is 2.65. The fraction of sp³-hybridized carbons (Fsp3) is 0.250. The Morgan fingerprint density at radius 3 is 2.89 bits per heavy atom. The lowest BCUT2D eigenvalue weighted by Gasteiger charge is -2.12. The van der Waals surface area contributed by atoms with Gasteiger partial charge in [-0.1, -0.05) is 42.2 Å². The third kappa shape index (κ3) is 3.71. The lowest BCUT2D eigenvalue weighted by Crippen LogP contribution is -2.02. The summed E-state index contributed by atoms with van der Waals surface area (Å²) in [6.45, 7) is 0.417. The molecule has 1 atom stereocenters. The Morgan fingerprint density at radius 1 is 1.28 bits per heavy atom. The largest absolute Gasteiger partial charge is 0.501 e. The van der Waals surface area contributed by atoms with Crippen LogP contribution >= 0.6 is 0 Å². The molecule has 0 fully saturated rings. The highest BCUT2D eigenvalue weighted by molar-refractivity contribution is 5.24. The van der Waals surface area contributed by atoms with Gasteiger partial charge < -0.3 is 9.47 Å². The van der Waals surface area contributed by atoms with E-state index in [0.29, 0.717) is 6.61 Å². The van der Waals surface area contributed by atoms with Crippen molar-refractivity contribution in [3.8, 4) is 17.6 Å². The number of benzene rings is 1. The Bertz CT molecular complexity index is 489. The maximum atomic E-state index is 5.51. The fourth-order valence-electron chi connectivity index (χ4n) is 1.71. The van der Waals surface area contributed by atoms with E-state index in [2.05, 4.69) is 17.9 Å². The molecule has 0 saturated heterocycles. The predicted octanol–water partition coefficient (Wildman–Crippen LogP) is 3.18. The number of rotatable bonds is 3. The second-order valence-electron chi connectivity index (χ2n) is 3.96. The Balaban J connectivity index is 1.80. The summed E-state index contributed by atoms with van der Waals surface area (Å²) in [7, 11) is 1.69. The van der Waals surface area contributed by atoms with Crippen LogP contribution < -0.4 is 4.74 Å². The molecule has 0 radical (unpaired) electrons. The molecule has 2 rings (SSSR count). The van der Waals surface area contributed by atoms with Gasteiger partial charge in [0.2, 0.25) is 0 Å². The molecule has 1 aliphatic rings. The summed E-state index contributed by atoms with van der Waals surface area (Å²) < 4.78 is 10.7. The molecule has 0 amide bonds. The maximum absolute atomic E-state index is 5.51. The first kappa shape index (κ1) is 12.3. The van der Waals surface area contributed by atoms with E-state index >= 15 is 0 Å². The summed E-state index contributed by atoms with van der Waals surface area (Å²) in [6.07, 6.45) is 6.88. The highest BCUT2D eigenvalue weighted by atomic mass is 16.5. The number of hydrogen-bond acceptors (Lipinski definition) is 2. The Hall–Kier alpha value is -2.14. The third-order valence-corrected chi connectivity index (χ3v) is 2.65. The van der Waals surface area contributed by atoms with Crippen molar-refractivity contribution in [3.05, 3.63) is 54.3 Å². The van der Waals surface area contributed by atoms with Crippen molar-refractivity contribution < 1.29 is 9.47 Å². The lowest BCUT2D eigenvalue weighted by atomic mass is 10.0. The van der Waals surface area contributed by atoms with Gasteiger partial charge in [0.1, 0.15) is 12.4 Å². The summed E-state index contributed by atoms with van der Waals surface area (Å²) in [5, 5.41) is 0. The van der Waals surface area contributed by atoms with Crippen LogP contribution in [0.4, 0.5) is 0 Å². The molecule has 0 aliphatic heterocycles. The topological polar surface area (TPSA) is 18.5 Å². The first-order valence-corrected chi connectivity index (χ1v) is 5.96. The maximum Gasteiger partial charge on any atom is 0.149 e. The van der Waals surface area contributed by atoms with Crippen LogP contribution in [0.1, 0.15) is 6.42 Å². The first-order chi connectivity index (χ1) is 8.88. The van der Waals surface area contributed by atoms with Crippen molar-refractivity contribution in [2.45, 2.75) is 6.42 Å². The summed E-state index contributed by atoms with van der Waals surface area (Å²) in [4.78, 5) is 0. The van der Waals surface area contributed by atoms with Crippen LogP contribution in [0.3, 0.4) is 0 Å². The van der Waals surface area contributed by atoms with Gasteiger partial charge in [-0.25, -0.2) is 0 Å². The summed E-state index contributed by atoms with van der Waals surface area (Å²) in [5.74, 6) is 8.27. The molecule has 1 unspecified atom stereocenters. The smallest absolute Gasteiger partial charge is 0.149 e. The number of ether oxygens (including phenoxy) is 2. The Labute approximate surface area is 108 Å². The highest BCUT2D eigenvalue weighted by Gasteiger charge is 2.08. The van der Waals surface area contributed by atoms with Gasteiger partial charge in [0, 0.05) is 12.3 Å². The van der Waals surface area contributed by atoms with E-state index in [-0.39, 0.29) is 5.92 Å². The molecule has 92 valence electrons. The summed E-state index contributed by atoms with van der Waals surface area (Å²) in [6, 6.07) is 9.70. The van der Waals surface area contributed by atoms with Crippen LogP contribution in [0.15, 0.2) is 54.3 Å². The number of allylic oxidation sites excluding steroid dienone is 4. The van der Waals surface area contributed by atoms with E-state index in [9.17, 15) is 0 Å². The van der Waals surface area contributed by atoms with E-state index in [1.54, 1.807) is 7.11 Å². The van der Waals surface area contributed by atoms with Crippen molar-refractivity contribution in [2.75, 3.05) is 13.7 Å². The minimum Gasteiger partial charge on any atom is -0.501 e. The van der Waals surface area contributed by atoms with E-state index in [4.69, 9.17) is 9.47 Å². The average molecular weight is 240 g/mol. The van der Waals surface area contributed by atoms with Crippen LogP contribution in [0.5, 0.6) is 5.75 Å². The molecule has 1 aromatic rings. The molecule has 0 aromatic heterocycles. The molecule has 0 saturated carbocycles. The van der Waals surface area contributed by atoms with Crippen molar-refractivity contribution in [3.63, 3.8) is 0 Å². The molecule has 2 heteroatoms. The van der Waals surface area contributed by atoms with Crippen molar-refractivity contribution in [1.29, 1.82) is 0 Å². The van der Waals surface area contributed by atoms with Gasteiger partial charge in [-0.3, -0.25) is 0 Å². The van der Waals surface area contributed by atoms with Gasteiger partial charge in [0.05, 0.1) is 12.9 Å². The molecular weight excluding hydrogens is 224 g/mol. The van der Waals surface area contributed by atoms with E-state index in [0.717, 1.165) is 17.9 Å². The highest BCUT2D eigenvalue weighted by Crippen LogP contribution is 2.17. The van der Waals surface area contributed by atoms with Gasteiger partial charge in [0.25, 0.3) is 0 Å². The molecule has 2 nitrogen and oxygen atoms in total. The molecule has 0 bridgehead atoms. The van der Waals surface area contributed by atoms with Gasteiger partial charge in [0.15, 0.2) is 0 Å². The van der Waals surface area contributed by atoms with Crippen LogP contribution in [0, 0.1) is 17.8 Å². The second-order valence-corrected chi connectivity index (χ2v) is 3.96. The van der Waals surface area contributed by atoms with Crippen molar-refractivity contribution in [2.24, 2.45) is 5.92 Å². The van der Waals surface area contributed by atoms with Gasteiger partial charge in [-0.2, -0.15) is 0 Å². The number of para-hydroxylation sites is 1. The van der Waals surface area contributed by atoms with Crippen LogP contribution in [-0.2, 0) is 4.74 Å². The Morgan fingerprint density at radius 2 is 2.11 bits per heavy atom. The Kier molecular flexibility index (Phi) is 4.49. The molecule has 0 heterocycles. The molecule has 18 heavy (non-hydrogen) atoms. The molecule has 1 aromatic carbocycles. The fourth-order valence-corrected chi connectivity index (χ4v) is 1.71. The van der Waals surface area contributed by atoms with Gasteiger partial charge in [-0.15, -0.1) is 0 Å². The minimum atomic E-state index is 0.226. The summed E-state index contributed by atoms with van der Waals surface area (Å²) >= 11 is 0. The predicted molar refractivity (Wildman–Crippen MR) is 72.1 cm³/mol. The van der Waals surface area contributed by atoms with Crippen LogP contribution in [0.2, 0.25) is 0 Å². The quantitative estimate of drug-likeness (QED) is 0.755. The van der Waals surface area contributed by atoms with Crippen molar-refractivity contribution in [1.82, 2.24) is 0 Å². The monoisotopic (exact) mass is 240 g/mol. The zero-order valence-electron chi connectivity index (χ0n) is 10.4. The zero-order valence-corrected chi connectivity index (χ0v) is 10.4. The molecule has 1 aliphatic carbocycles. The van der Waals surface area contributed by atoms with Crippen molar-refractivity contribution >= 4 is 0 Å². The van der Waals surface area contributed by atoms with E-state index in [1.165, 1.54) is 0 Å². The first-order valence-electron chi connectivity index (χ1n) is 5.96. The molecule has 0 spiro atoms. The molecular formula is C16H16O2. The molecule has 0 N–H and O–H groups in total. The van der Waals surface area contributed by atoms with Gasteiger partial charge >= 0.3 is 0 Å². The minimum absolute atomic E-state index is 0.226. The zero-order chi connectivity index (χ0) is 12.6. The number of hydrogen-bond donors (Lipinski definition) is 0. The van der Waals surface area contributed by atoms with E-state index < -0.39 is 0 Å². The average Bonchev–Trinajstić information content (AvgIpc) is 2.45. The lowest BCUT2D eigenvalue weighted by molar-refractivity contribution is 0.271. The summed E-state index contributed by atoms with van der Waals surface area (Å²) in [5.41, 5.74) is 0. The van der Waals surface area contributed by atoms with E-state index in [1.807, 2.05) is 42.5 Å². The van der Waals surface area contributed by atoms with Crippen LogP contribution in [0.25, 0.3) is 0 Å². The second kappa shape index (κ2) is 6.56. The number of methoxy groups -OCH3 is 1. The van der Waals surface area contributed by atoms with Gasteiger partial charge in [-0.05, 0) is 18.2 Å². The van der Waals surface area contributed by atoms with Crippen LogP contribution in [-0.4, -0.2) is 13.7 Å².